The van der Waals surface area contributed by atoms with Crippen molar-refractivity contribution in [2.45, 2.75) is 6.54 Å². The fourth-order valence-electron chi connectivity index (χ4n) is 3.44. The van der Waals surface area contributed by atoms with Crippen LogP contribution in [0.25, 0.3) is 22.9 Å². The summed E-state index contributed by atoms with van der Waals surface area (Å²) in [5.74, 6) is 0.837. The van der Waals surface area contributed by atoms with Crippen LogP contribution in [0.2, 0.25) is 0 Å². The average molecular weight is 391 g/mol. The number of nitrogens with zero attached hydrogens (tertiary/aromatic N) is 3. The summed E-state index contributed by atoms with van der Waals surface area (Å²) in [6, 6.07) is 13.7. The fourth-order valence-corrected chi connectivity index (χ4v) is 3.44. The van der Waals surface area contributed by atoms with E-state index in [9.17, 15) is 4.79 Å². The van der Waals surface area contributed by atoms with Gasteiger partial charge in [-0.3, -0.25) is 9.69 Å². The Labute approximate surface area is 170 Å². The van der Waals surface area contributed by atoms with Crippen molar-refractivity contribution in [1.82, 2.24) is 14.7 Å². The Bertz CT molecular complexity index is 1050. The van der Waals surface area contributed by atoms with Crippen molar-refractivity contribution in [2.75, 3.05) is 40.0 Å². The quantitative estimate of drug-likeness (QED) is 0.605. The molecule has 2 aromatic carbocycles. The lowest BCUT2D eigenvalue weighted by molar-refractivity contribution is 0.0358. The topological polar surface area (TPSA) is 56.6 Å². The molecule has 3 aromatic rings. The Morgan fingerprint density at radius 2 is 1.76 bits per heavy atom. The fraction of sp³-hybridized carbons (Fsp3) is 0.304. The number of methoxy groups -OCH3 is 1. The van der Waals surface area contributed by atoms with Gasteiger partial charge in [-0.05, 0) is 35.4 Å². The second-order valence-corrected chi connectivity index (χ2v) is 7.08. The molecule has 0 bridgehead atoms. The van der Waals surface area contributed by atoms with Gasteiger partial charge in [0.25, 0.3) is 5.56 Å². The number of hydrogen-bond donors (Lipinski definition) is 0. The first kappa shape index (κ1) is 19.4. The van der Waals surface area contributed by atoms with Crippen LogP contribution in [-0.4, -0.2) is 54.6 Å². The lowest BCUT2D eigenvalue weighted by Crippen LogP contribution is -2.39. The Hall–Kier alpha value is -2.96. The van der Waals surface area contributed by atoms with E-state index < -0.39 is 0 Å². The number of aromatic nitrogens is 2. The number of ether oxygens (including phenoxy) is 2. The van der Waals surface area contributed by atoms with Crippen LogP contribution in [0, 0.1) is 0 Å². The van der Waals surface area contributed by atoms with E-state index in [0.29, 0.717) is 11.9 Å². The molecule has 150 valence electrons. The van der Waals surface area contributed by atoms with Gasteiger partial charge in [-0.15, -0.1) is 0 Å². The number of morpholine rings is 1. The van der Waals surface area contributed by atoms with Crippen LogP contribution in [0.5, 0.6) is 5.75 Å². The van der Waals surface area contributed by atoms with Crippen LogP contribution in [0.3, 0.4) is 0 Å². The normalized spacial score (nSPS) is 15.2. The molecule has 1 aromatic heterocycles. The molecule has 1 aliphatic heterocycles. The third-order valence-electron chi connectivity index (χ3n) is 5.19. The lowest BCUT2D eigenvalue weighted by Gasteiger charge is -2.26. The summed E-state index contributed by atoms with van der Waals surface area (Å²) < 4.78 is 12.1. The molecule has 1 saturated heterocycles. The van der Waals surface area contributed by atoms with Gasteiger partial charge in [0.05, 0.1) is 38.5 Å². The van der Waals surface area contributed by atoms with Crippen molar-refractivity contribution in [3.63, 3.8) is 0 Å². The monoisotopic (exact) mass is 391 g/mol. The van der Waals surface area contributed by atoms with Crippen molar-refractivity contribution in [3.05, 3.63) is 70.1 Å². The summed E-state index contributed by atoms with van der Waals surface area (Å²) in [5, 5.41) is 5.93. The average Bonchev–Trinajstić information content (AvgIpc) is 2.78. The van der Waals surface area contributed by atoms with Gasteiger partial charge in [0.1, 0.15) is 5.75 Å². The van der Waals surface area contributed by atoms with Gasteiger partial charge in [0, 0.05) is 25.0 Å². The molecule has 0 unspecified atom stereocenters. The number of fused-ring (bicyclic) bond motifs is 1. The largest absolute Gasteiger partial charge is 0.497 e. The summed E-state index contributed by atoms with van der Waals surface area (Å²) in [7, 11) is 1.66. The van der Waals surface area contributed by atoms with Gasteiger partial charge in [0.2, 0.25) is 0 Å². The third kappa shape index (κ3) is 4.72. The summed E-state index contributed by atoms with van der Waals surface area (Å²) in [6.07, 6.45) is 5.85. The highest BCUT2D eigenvalue weighted by molar-refractivity contribution is 5.84. The van der Waals surface area contributed by atoms with Gasteiger partial charge in [0.15, 0.2) is 0 Å². The van der Waals surface area contributed by atoms with Gasteiger partial charge < -0.3 is 9.47 Å². The molecule has 0 atom stereocenters. The molecule has 29 heavy (non-hydrogen) atoms. The van der Waals surface area contributed by atoms with Crippen LogP contribution in [0.15, 0.2) is 53.5 Å². The first-order chi connectivity index (χ1) is 14.2. The van der Waals surface area contributed by atoms with Crippen molar-refractivity contribution < 1.29 is 9.47 Å². The smallest absolute Gasteiger partial charge is 0.274 e. The zero-order valence-electron chi connectivity index (χ0n) is 16.6. The maximum absolute atomic E-state index is 12.8. The molecule has 1 aliphatic rings. The molecule has 0 N–H and O–H groups in total. The van der Waals surface area contributed by atoms with Gasteiger partial charge in [-0.2, -0.15) is 5.10 Å². The Morgan fingerprint density at radius 1 is 1.03 bits per heavy atom. The van der Waals surface area contributed by atoms with E-state index in [0.717, 1.165) is 55.1 Å². The summed E-state index contributed by atoms with van der Waals surface area (Å²) in [5.41, 5.74) is 2.07. The zero-order valence-corrected chi connectivity index (χ0v) is 16.6. The highest BCUT2D eigenvalue weighted by Crippen LogP contribution is 2.16. The molecular weight excluding hydrogens is 366 g/mol. The van der Waals surface area contributed by atoms with Crippen molar-refractivity contribution in [3.8, 4) is 5.75 Å². The summed E-state index contributed by atoms with van der Waals surface area (Å²) >= 11 is 0. The molecule has 2 heterocycles. The molecule has 1 fully saturated rings. The first-order valence-corrected chi connectivity index (χ1v) is 9.85. The minimum atomic E-state index is -0.0403. The standard InChI is InChI=1S/C23H25N3O3/c1-28-21-7-4-18(5-8-21)2-3-19-6-9-22-20(16-19)17-24-26(23(22)27)11-10-25-12-14-29-15-13-25/h2-9,16-17H,10-15H2,1H3. The molecule has 0 radical (unpaired) electrons. The van der Waals surface area contributed by atoms with Crippen LogP contribution in [0.1, 0.15) is 11.1 Å². The predicted octanol–water partition coefficient (Wildman–Crippen LogP) is 2.91. The van der Waals surface area contributed by atoms with Crippen LogP contribution in [0.4, 0.5) is 0 Å². The van der Waals surface area contributed by atoms with Gasteiger partial charge >= 0.3 is 0 Å². The predicted molar refractivity (Wildman–Crippen MR) is 115 cm³/mol. The SMILES string of the molecule is COc1ccc(C=Cc2ccc3c(=O)n(CCN4CCOCC4)ncc3c2)cc1. The van der Waals surface area contributed by atoms with E-state index in [1.165, 1.54) is 0 Å². The van der Waals surface area contributed by atoms with Crippen LogP contribution < -0.4 is 10.3 Å². The van der Waals surface area contributed by atoms with Crippen molar-refractivity contribution in [2.24, 2.45) is 0 Å². The molecule has 6 heteroatoms. The van der Waals surface area contributed by atoms with E-state index in [1.807, 2.05) is 54.6 Å². The van der Waals surface area contributed by atoms with Crippen LogP contribution in [-0.2, 0) is 11.3 Å². The zero-order chi connectivity index (χ0) is 20.1. The second-order valence-electron chi connectivity index (χ2n) is 7.08. The Kier molecular flexibility index (Phi) is 6.03. The van der Waals surface area contributed by atoms with E-state index in [4.69, 9.17) is 9.47 Å². The number of hydrogen-bond acceptors (Lipinski definition) is 5. The summed E-state index contributed by atoms with van der Waals surface area (Å²) in [6.45, 7) is 4.73. The molecular formula is C23H25N3O3. The van der Waals surface area contributed by atoms with E-state index in [-0.39, 0.29) is 5.56 Å². The van der Waals surface area contributed by atoms with Crippen molar-refractivity contribution >= 4 is 22.9 Å². The van der Waals surface area contributed by atoms with Crippen LogP contribution >= 0.6 is 0 Å². The maximum atomic E-state index is 12.8. The minimum Gasteiger partial charge on any atom is -0.497 e. The highest BCUT2D eigenvalue weighted by Gasteiger charge is 2.11. The first-order valence-electron chi connectivity index (χ1n) is 9.85. The lowest BCUT2D eigenvalue weighted by atomic mass is 10.1. The number of rotatable bonds is 6. The highest BCUT2D eigenvalue weighted by atomic mass is 16.5. The molecule has 0 aliphatic carbocycles. The minimum absolute atomic E-state index is 0.0403. The third-order valence-corrected chi connectivity index (χ3v) is 5.19. The van der Waals surface area contributed by atoms with Gasteiger partial charge in [-0.1, -0.05) is 30.4 Å². The Balaban J connectivity index is 1.49. The molecule has 0 saturated carbocycles. The van der Waals surface area contributed by atoms with Crippen molar-refractivity contribution in [1.29, 1.82) is 0 Å². The van der Waals surface area contributed by atoms with E-state index in [1.54, 1.807) is 18.0 Å². The molecule has 4 rings (SSSR count). The molecule has 6 nitrogen and oxygen atoms in total. The summed E-state index contributed by atoms with van der Waals surface area (Å²) in [4.78, 5) is 15.1. The second kappa shape index (κ2) is 9.03. The molecule has 0 amide bonds. The molecule has 0 spiro atoms. The van der Waals surface area contributed by atoms with Gasteiger partial charge in [-0.25, -0.2) is 4.68 Å². The van der Waals surface area contributed by atoms with E-state index >= 15 is 0 Å². The van der Waals surface area contributed by atoms with E-state index in [2.05, 4.69) is 10.00 Å². The number of benzene rings is 2. The Morgan fingerprint density at radius 3 is 2.52 bits per heavy atom. The maximum Gasteiger partial charge on any atom is 0.274 e.